The van der Waals surface area contributed by atoms with Crippen LogP contribution < -0.4 is 10.6 Å². The molecule has 2 aromatic rings. The number of anilines is 2. The van der Waals surface area contributed by atoms with Crippen LogP contribution >= 0.6 is 0 Å². The third kappa shape index (κ3) is 5.27. The summed E-state index contributed by atoms with van der Waals surface area (Å²) in [5, 5.41) is 16.1. The monoisotopic (exact) mass is 406 g/mol. The maximum Gasteiger partial charge on any atom is 0.269 e. The van der Waals surface area contributed by atoms with Crippen molar-refractivity contribution < 1.29 is 18.1 Å². The molecule has 10 heteroatoms. The van der Waals surface area contributed by atoms with Crippen LogP contribution in [-0.2, 0) is 14.8 Å². The summed E-state index contributed by atoms with van der Waals surface area (Å²) in [6, 6.07) is 11.7. The Kier molecular flexibility index (Phi) is 7.07. The Morgan fingerprint density at radius 2 is 1.71 bits per heavy atom. The molecule has 2 rings (SSSR count). The quantitative estimate of drug-likeness (QED) is 0.488. The normalized spacial score (nSPS) is 11.2. The minimum atomic E-state index is -3.58. The van der Waals surface area contributed by atoms with Crippen molar-refractivity contribution in [1.29, 1.82) is 0 Å². The molecule has 0 aliphatic rings. The van der Waals surface area contributed by atoms with Gasteiger partial charge in [-0.1, -0.05) is 19.9 Å². The van der Waals surface area contributed by atoms with Gasteiger partial charge in [-0.05, 0) is 30.3 Å². The highest BCUT2D eigenvalue weighted by atomic mass is 32.2. The van der Waals surface area contributed by atoms with Crippen molar-refractivity contribution in [3.8, 4) is 0 Å². The molecule has 0 aliphatic heterocycles. The number of carbonyl (C=O) groups is 1. The van der Waals surface area contributed by atoms with Crippen molar-refractivity contribution in [1.82, 2.24) is 4.31 Å². The number of hydrogen-bond acceptors (Lipinski definition) is 6. The molecule has 0 fully saturated rings. The van der Waals surface area contributed by atoms with Gasteiger partial charge in [0.2, 0.25) is 15.9 Å². The van der Waals surface area contributed by atoms with E-state index >= 15 is 0 Å². The van der Waals surface area contributed by atoms with E-state index in [0.717, 1.165) is 0 Å². The van der Waals surface area contributed by atoms with Gasteiger partial charge in [0.25, 0.3) is 5.69 Å². The second-order valence-electron chi connectivity index (χ2n) is 5.82. The van der Waals surface area contributed by atoms with Crippen molar-refractivity contribution in [3.63, 3.8) is 0 Å². The summed E-state index contributed by atoms with van der Waals surface area (Å²) in [6.45, 7) is 4.19. The molecule has 28 heavy (non-hydrogen) atoms. The number of rotatable bonds is 9. The van der Waals surface area contributed by atoms with Crippen LogP contribution in [0.3, 0.4) is 0 Å². The number of nitrogens with zero attached hydrogens (tertiary/aromatic N) is 2. The first-order valence-electron chi connectivity index (χ1n) is 8.66. The van der Waals surface area contributed by atoms with E-state index in [9.17, 15) is 23.3 Å². The molecule has 1 amide bonds. The molecule has 0 aromatic heterocycles. The molecule has 0 saturated carbocycles. The highest BCUT2D eigenvalue weighted by Crippen LogP contribution is 2.19. The summed E-state index contributed by atoms with van der Waals surface area (Å²) in [4.78, 5) is 22.3. The molecule has 9 nitrogen and oxygen atoms in total. The Morgan fingerprint density at radius 1 is 1.07 bits per heavy atom. The first-order valence-corrected chi connectivity index (χ1v) is 10.1. The number of nitrogens with one attached hydrogen (secondary N) is 2. The average Bonchev–Trinajstić information content (AvgIpc) is 2.68. The molecule has 0 bridgehead atoms. The van der Waals surface area contributed by atoms with Crippen molar-refractivity contribution in [2.45, 2.75) is 18.7 Å². The van der Waals surface area contributed by atoms with E-state index in [0.29, 0.717) is 24.5 Å². The zero-order chi connectivity index (χ0) is 20.7. The van der Waals surface area contributed by atoms with Crippen LogP contribution in [0.5, 0.6) is 0 Å². The van der Waals surface area contributed by atoms with E-state index in [1.54, 1.807) is 26.0 Å². The highest BCUT2D eigenvalue weighted by Gasteiger charge is 2.21. The summed E-state index contributed by atoms with van der Waals surface area (Å²) >= 11 is 0. The lowest BCUT2D eigenvalue weighted by molar-refractivity contribution is -0.384. The maximum atomic E-state index is 12.6. The average molecular weight is 406 g/mol. The maximum absolute atomic E-state index is 12.6. The van der Waals surface area contributed by atoms with E-state index in [4.69, 9.17) is 0 Å². The molecule has 0 spiro atoms. The lowest BCUT2D eigenvalue weighted by atomic mass is 10.3. The highest BCUT2D eigenvalue weighted by molar-refractivity contribution is 7.89. The predicted molar refractivity (Wildman–Crippen MR) is 107 cm³/mol. The minimum absolute atomic E-state index is 0.0673. The number of carbonyl (C=O) groups excluding carboxylic acids is 1. The summed E-state index contributed by atoms with van der Waals surface area (Å²) in [7, 11) is -3.58. The lowest BCUT2D eigenvalue weighted by Gasteiger charge is -2.19. The van der Waals surface area contributed by atoms with E-state index in [1.165, 1.54) is 40.7 Å². The number of nitro benzene ring substituents is 1. The van der Waals surface area contributed by atoms with Gasteiger partial charge in [0.05, 0.1) is 16.4 Å². The SMILES string of the molecule is CCN(CC)S(=O)(=O)c1cccc(NCC(=O)Nc2ccc([N+](=O)[O-])cc2)c1. The molecule has 0 radical (unpaired) electrons. The van der Waals surface area contributed by atoms with Gasteiger partial charge in [-0.3, -0.25) is 14.9 Å². The zero-order valence-electron chi connectivity index (χ0n) is 15.6. The number of nitro groups is 1. The van der Waals surface area contributed by atoms with Crippen LogP contribution in [0.1, 0.15) is 13.8 Å². The Balaban J connectivity index is 2.01. The van der Waals surface area contributed by atoms with Crippen molar-refractivity contribution in [3.05, 3.63) is 58.6 Å². The van der Waals surface area contributed by atoms with Crippen LogP contribution in [0.25, 0.3) is 0 Å². The van der Waals surface area contributed by atoms with Crippen molar-refractivity contribution >= 4 is 33.0 Å². The summed E-state index contributed by atoms with van der Waals surface area (Å²) in [5.74, 6) is -0.370. The van der Waals surface area contributed by atoms with Crippen molar-refractivity contribution in [2.24, 2.45) is 0 Å². The van der Waals surface area contributed by atoms with Crippen molar-refractivity contribution in [2.75, 3.05) is 30.3 Å². The lowest BCUT2D eigenvalue weighted by Crippen LogP contribution is -2.30. The summed E-state index contributed by atoms with van der Waals surface area (Å²) in [5.41, 5.74) is 0.852. The third-order valence-corrected chi connectivity index (χ3v) is 6.04. The predicted octanol–water partition coefficient (Wildman–Crippen LogP) is 2.68. The van der Waals surface area contributed by atoms with Crippen LogP contribution in [-0.4, -0.2) is 43.2 Å². The number of benzene rings is 2. The van der Waals surface area contributed by atoms with Gasteiger partial charge in [-0.2, -0.15) is 4.31 Å². The topological polar surface area (TPSA) is 122 Å². The van der Waals surface area contributed by atoms with Gasteiger partial charge < -0.3 is 10.6 Å². The van der Waals surface area contributed by atoms with Gasteiger partial charge >= 0.3 is 0 Å². The molecule has 2 aromatic carbocycles. The molecule has 0 saturated heterocycles. The molecule has 0 aliphatic carbocycles. The van der Waals surface area contributed by atoms with E-state index < -0.39 is 14.9 Å². The Bertz CT molecular complexity index is 941. The molecule has 2 N–H and O–H groups in total. The zero-order valence-corrected chi connectivity index (χ0v) is 16.4. The summed E-state index contributed by atoms with van der Waals surface area (Å²) in [6.07, 6.45) is 0. The Labute approximate surface area is 163 Å². The first kappa shape index (κ1) is 21.3. The second-order valence-corrected chi connectivity index (χ2v) is 7.76. The van der Waals surface area contributed by atoms with E-state index in [-0.39, 0.29) is 23.0 Å². The standard InChI is InChI=1S/C18H22N4O5S/c1-3-21(4-2)28(26,27)17-7-5-6-15(12-17)19-13-18(23)20-14-8-10-16(11-9-14)22(24)25/h5-12,19H,3-4,13H2,1-2H3,(H,20,23). The van der Waals surface area contributed by atoms with Crippen LogP contribution in [0, 0.1) is 10.1 Å². The molecule has 0 atom stereocenters. The van der Waals surface area contributed by atoms with E-state index in [1.807, 2.05) is 0 Å². The third-order valence-electron chi connectivity index (χ3n) is 3.99. The number of amides is 1. The van der Waals surface area contributed by atoms with Crippen LogP contribution in [0.4, 0.5) is 17.1 Å². The smallest absolute Gasteiger partial charge is 0.269 e. The molecule has 0 heterocycles. The number of sulfonamides is 1. The molecule has 150 valence electrons. The van der Waals surface area contributed by atoms with Gasteiger partial charge in [-0.15, -0.1) is 0 Å². The fourth-order valence-electron chi connectivity index (χ4n) is 2.53. The Hall–Kier alpha value is -2.98. The minimum Gasteiger partial charge on any atom is -0.376 e. The second kappa shape index (κ2) is 9.29. The van der Waals surface area contributed by atoms with E-state index in [2.05, 4.69) is 10.6 Å². The van der Waals surface area contributed by atoms with Gasteiger partial charge in [-0.25, -0.2) is 8.42 Å². The molecular formula is C18H22N4O5S. The largest absolute Gasteiger partial charge is 0.376 e. The van der Waals surface area contributed by atoms with Crippen LogP contribution in [0.15, 0.2) is 53.4 Å². The Morgan fingerprint density at radius 3 is 2.29 bits per heavy atom. The molecular weight excluding hydrogens is 384 g/mol. The van der Waals surface area contributed by atoms with Crippen LogP contribution in [0.2, 0.25) is 0 Å². The summed E-state index contributed by atoms with van der Waals surface area (Å²) < 4.78 is 26.5. The fourth-order valence-corrected chi connectivity index (χ4v) is 4.04. The molecule has 0 unspecified atom stereocenters. The van der Waals surface area contributed by atoms with Gasteiger partial charge in [0, 0.05) is 36.6 Å². The van der Waals surface area contributed by atoms with Gasteiger partial charge in [0.15, 0.2) is 0 Å². The van der Waals surface area contributed by atoms with Gasteiger partial charge in [0.1, 0.15) is 0 Å². The first-order chi connectivity index (χ1) is 13.3. The fraction of sp³-hybridized carbons (Fsp3) is 0.278. The number of hydrogen-bond donors (Lipinski definition) is 2. The number of non-ortho nitro benzene ring substituents is 1.